The molecule has 0 unspecified atom stereocenters. The Labute approximate surface area is 129 Å². The second-order valence-corrected chi connectivity index (χ2v) is 6.34. The van der Waals surface area contributed by atoms with Crippen molar-refractivity contribution in [2.45, 2.75) is 31.0 Å². The van der Waals surface area contributed by atoms with Gasteiger partial charge in [-0.15, -0.1) is 0 Å². The number of imide groups is 1. The molecule has 2 heterocycles. The van der Waals surface area contributed by atoms with Gasteiger partial charge in [0.05, 0.1) is 18.0 Å². The minimum Gasteiger partial charge on any atom is -0.387 e. The highest BCUT2D eigenvalue weighted by atomic mass is 32.1. The number of nitrogens with one attached hydrogen (secondary N) is 1. The summed E-state index contributed by atoms with van der Waals surface area (Å²) in [5.74, 6) is -0.610. The SMILES string of the molecule is O=C1CC(=S)N([C@@H]2O[C@H](COP(=O)(O)O)[C@@H](O)[C@H]2O)C(=O)N1. The zero-order valence-electron chi connectivity index (χ0n) is 10.9. The van der Waals surface area contributed by atoms with E-state index >= 15 is 0 Å². The number of hydrogen-bond acceptors (Lipinski definition) is 8. The van der Waals surface area contributed by atoms with Crippen LogP contribution in [-0.4, -0.2) is 73.0 Å². The van der Waals surface area contributed by atoms with Crippen molar-refractivity contribution in [2.24, 2.45) is 0 Å². The van der Waals surface area contributed by atoms with Crippen LogP contribution in [0, 0.1) is 0 Å². The number of phosphoric acid groups is 1. The Hall–Kier alpha value is -0.980. The highest BCUT2D eigenvalue weighted by molar-refractivity contribution is 7.80. The van der Waals surface area contributed by atoms with E-state index in [-0.39, 0.29) is 11.4 Å². The third kappa shape index (κ3) is 3.67. The van der Waals surface area contributed by atoms with Crippen LogP contribution in [0.1, 0.15) is 6.42 Å². The molecule has 2 aliphatic rings. The van der Waals surface area contributed by atoms with Gasteiger partial charge in [-0.25, -0.2) is 9.36 Å². The number of aliphatic hydroxyl groups is 2. The van der Waals surface area contributed by atoms with E-state index in [4.69, 9.17) is 26.7 Å². The van der Waals surface area contributed by atoms with Crippen LogP contribution in [0.2, 0.25) is 0 Å². The standard InChI is InChI=1S/C9H13N2O9PS/c12-4-1-5(22)11(9(15)10-4)8-7(14)6(13)3(20-8)2-19-21(16,17)18/h3,6-8,13-14H,1-2H2,(H,10,12,15)(H2,16,17,18)/t3-,6-,7-,8-/m1/s1. The van der Waals surface area contributed by atoms with Crippen molar-refractivity contribution in [2.75, 3.05) is 6.61 Å². The topological polar surface area (TPSA) is 166 Å². The third-order valence-electron chi connectivity index (χ3n) is 3.04. The molecular formula is C9H13N2O9PS. The lowest BCUT2D eigenvalue weighted by molar-refractivity contribution is -0.120. The predicted molar refractivity (Wildman–Crippen MR) is 71.3 cm³/mol. The number of rotatable bonds is 4. The molecule has 2 rings (SSSR count). The highest BCUT2D eigenvalue weighted by Crippen LogP contribution is 2.37. The van der Waals surface area contributed by atoms with Crippen LogP contribution >= 0.6 is 20.0 Å². The Morgan fingerprint density at radius 3 is 2.55 bits per heavy atom. The molecular weight excluding hydrogens is 343 g/mol. The molecule has 0 radical (unpaired) electrons. The Morgan fingerprint density at radius 1 is 1.36 bits per heavy atom. The molecule has 11 nitrogen and oxygen atoms in total. The number of aliphatic hydroxyl groups excluding tert-OH is 2. The number of carbonyl (C=O) groups is 2. The van der Waals surface area contributed by atoms with E-state index in [1.165, 1.54) is 0 Å². The third-order valence-corrected chi connectivity index (χ3v) is 3.87. The number of hydrogen-bond donors (Lipinski definition) is 5. The van der Waals surface area contributed by atoms with Gasteiger partial charge in [-0.3, -0.25) is 19.5 Å². The molecule has 0 aliphatic carbocycles. The summed E-state index contributed by atoms with van der Waals surface area (Å²) < 4.78 is 20.0. The van der Waals surface area contributed by atoms with Crippen molar-refractivity contribution in [1.29, 1.82) is 0 Å². The van der Waals surface area contributed by atoms with E-state index in [9.17, 15) is 24.4 Å². The van der Waals surface area contributed by atoms with Gasteiger partial charge in [0, 0.05) is 0 Å². The van der Waals surface area contributed by atoms with Crippen molar-refractivity contribution in [3.63, 3.8) is 0 Å². The molecule has 0 aromatic heterocycles. The maximum atomic E-state index is 11.8. The van der Waals surface area contributed by atoms with E-state index in [0.717, 1.165) is 4.90 Å². The Balaban J connectivity index is 2.09. The summed E-state index contributed by atoms with van der Waals surface area (Å²) in [5, 5.41) is 21.7. The van der Waals surface area contributed by atoms with Gasteiger partial charge in [0.25, 0.3) is 0 Å². The largest absolute Gasteiger partial charge is 0.469 e. The van der Waals surface area contributed by atoms with E-state index in [1.54, 1.807) is 0 Å². The fourth-order valence-corrected chi connectivity index (χ4v) is 2.73. The molecule has 0 aromatic rings. The van der Waals surface area contributed by atoms with Gasteiger partial charge in [-0.05, 0) is 0 Å². The number of ether oxygens (including phenoxy) is 1. The number of phosphoric ester groups is 1. The lowest BCUT2D eigenvalue weighted by Crippen LogP contribution is -2.58. The normalized spacial score (nSPS) is 33.3. The Morgan fingerprint density at radius 2 is 2.00 bits per heavy atom. The van der Waals surface area contributed by atoms with Crippen LogP contribution < -0.4 is 5.32 Å². The second kappa shape index (κ2) is 6.26. The van der Waals surface area contributed by atoms with Crippen LogP contribution in [-0.2, 0) is 18.6 Å². The van der Waals surface area contributed by atoms with Crippen molar-refractivity contribution in [3.05, 3.63) is 0 Å². The molecule has 0 bridgehead atoms. The molecule has 3 amide bonds. The maximum absolute atomic E-state index is 11.8. The summed E-state index contributed by atoms with van der Waals surface area (Å²) in [4.78, 5) is 40.8. The zero-order valence-corrected chi connectivity index (χ0v) is 12.6. The number of thiocarbonyl (C=S) groups is 1. The molecule has 22 heavy (non-hydrogen) atoms. The fourth-order valence-electron chi connectivity index (χ4n) is 2.07. The van der Waals surface area contributed by atoms with Gasteiger partial charge >= 0.3 is 13.9 Å². The molecule has 0 saturated carbocycles. The molecule has 2 saturated heterocycles. The van der Waals surface area contributed by atoms with E-state index in [2.05, 4.69) is 4.52 Å². The minimum atomic E-state index is -4.78. The van der Waals surface area contributed by atoms with Crippen molar-refractivity contribution in [1.82, 2.24) is 10.2 Å². The second-order valence-electron chi connectivity index (χ2n) is 4.63. The highest BCUT2D eigenvalue weighted by Gasteiger charge is 2.49. The summed E-state index contributed by atoms with van der Waals surface area (Å²) in [5.41, 5.74) is 0. The Bertz CT molecular complexity index is 531. The lowest BCUT2D eigenvalue weighted by Gasteiger charge is -2.33. The number of urea groups is 1. The number of amides is 3. The van der Waals surface area contributed by atoms with Crippen LogP contribution in [0.15, 0.2) is 0 Å². The van der Waals surface area contributed by atoms with Gasteiger partial charge in [0.2, 0.25) is 5.91 Å². The molecule has 2 aliphatic heterocycles. The Kier molecular flexibility index (Phi) is 4.94. The van der Waals surface area contributed by atoms with E-state index in [0.29, 0.717) is 0 Å². The predicted octanol–water partition coefficient (Wildman–Crippen LogP) is -2.19. The van der Waals surface area contributed by atoms with Gasteiger partial charge in [0.1, 0.15) is 18.3 Å². The van der Waals surface area contributed by atoms with Crippen LogP contribution in [0.5, 0.6) is 0 Å². The summed E-state index contributed by atoms with van der Waals surface area (Å²) in [6.07, 6.45) is -6.12. The van der Waals surface area contributed by atoms with Crippen LogP contribution in [0.25, 0.3) is 0 Å². The maximum Gasteiger partial charge on any atom is 0.469 e. The van der Waals surface area contributed by atoms with Gasteiger partial charge in [-0.1, -0.05) is 12.2 Å². The number of carbonyl (C=O) groups excluding carboxylic acids is 2. The monoisotopic (exact) mass is 356 g/mol. The van der Waals surface area contributed by atoms with Gasteiger partial charge < -0.3 is 24.7 Å². The molecule has 4 atom stereocenters. The quantitative estimate of drug-likeness (QED) is 0.276. The summed E-state index contributed by atoms with van der Waals surface area (Å²) >= 11 is 4.89. The molecule has 2 fully saturated rings. The van der Waals surface area contributed by atoms with Crippen molar-refractivity contribution >= 4 is 37.0 Å². The fraction of sp³-hybridized carbons (Fsp3) is 0.667. The average Bonchev–Trinajstić information content (AvgIpc) is 2.63. The molecule has 13 heteroatoms. The first-order valence-corrected chi connectivity index (χ1v) is 7.91. The first kappa shape index (κ1) is 17.4. The van der Waals surface area contributed by atoms with E-state index in [1.807, 2.05) is 5.32 Å². The smallest absolute Gasteiger partial charge is 0.387 e. The molecule has 124 valence electrons. The first-order chi connectivity index (χ1) is 10.1. The summed E-state index contributed by atoms with van der Waals surface area (Å²) in [7, 11) is -4.78. The molecule has 5 N–H and O–H groups in total. The van der Waals surface area contributed by atoms with Gasteiger partial charge in [-0.2, -0.15) is 0 Å². The average molecular weight is 356 g/mol. The number of nitrogens with zero attached hydrogens (tertiary/aromatic N) is 1. The zero-order chi connectivity index (χ0) is 16.7. The van der Waals surface area contributed by atoms with E-state index < -0.39 is 50.9 Å². The van der Waals surface area contributed by atoms with Crippen molar-refractivity contribution < 1.29 is 43.4 Å². The van der Waals surface area contributed by atoms with Crippen LogP contribution in [0.3, 0.4) is 0 Å². The van der Waals surface area contributed by atoms with Crippen LogP contribution in [0.4, 0.5) is 4.79 Å². The molecule has 0 spiro atoms. The summed E-state index contributed by atoms with van der Waals surface area (Å²) in [6.45, 7) is -0.708. The first-order valence-electron chi connectivity index (χ1n) is 5.97. The summed E-state index contributed by atoms with van der Waals surface area (Å²) in [6, 6.07) is -0.922. The molecule has 0 aromatic carbocycles. The van der Waals surface area contributed by atoms with Gasteiger partial charge in [0.15, 0.2) is 6.23 Å². The minimum absolute atomic E-state index is 0.110. The van der Waals surface area contributed by atoms with Crippen molar-refractivity contribution in [3.8, 4) is 0 Å². The lowest BCUT2D eigenvalue weighted by atomic mass is 10.1.